The van der Waals surface area contributed by atoms with E-state index in [1.807, 2.05) is 41.5 Å². The zero-order chi connectivity index (χ0) is 72.2. The van der Waals surface area contributed by atoms with Gasteiger partial charge < -0.3 is 65.2 Å². The maximum absolute atomic E-state index is 15.2. The number of nitrogens with one attached hydrogen (secondary N) is 4. The molecule has 3 aliphatic rings. The summed E-state index contributed by atoms with van der Waals surface area (Å²) in [6.45, 7) is 31.2. The van der Waals surface area contributed by atoms with E-state index in [-0.39, 0.29) is 56.7 Å². The Bertz CT molecular complexity index is 2620. The van der Waals surface area contributed by atoms with Crippen LogP contribution in [0.15, 0.2) is 12.2 Å². The number of likely N-dealkylation sites (N-methyl/N-ethyl adjacent to an activating group) is 6. The van der Waals surface area contributed by atoms with Gasteiger partial charge in [0.15, 0.2) is 6.04 Å². The molecule has 5 N–H and O–H groups in total. The number of ether oxygens (including phenoxy) is 2. The van der Waals surface area contributed by atoms with Crippen LogP contribution in [0.2, 0.25) is 0 Å². The smallest absolute Gasteiger partial charge is 0.270 e. The molecule has 0 bridgehead atoms. The van der Waals surface area contributed by atoms with E-state index in [2.05, 4.69) is 26.2 Å². The Labute approximate surface area is 566 Å². The summed E-state index contributed by atoms with van der Waals surface area (Å²) in [5.74, 6) is -9.67. The molecule has 0 saturated carbocycles. The molecular formula is C68H120N12O15. The molecule has 0 radical (unpaired) electrons. The van der Waals surface area contributed by atoms with E-state index in [0.29, 0.717) is 26.1 Å². The highest BCUT2D eigenvalue weighted by molar-refractivity contribution is 6.00. The molecule has 27 nitrogen and oxygen atoms in total. The van der Waals surface area contributed by atoms with Crippen LogP contribution in [0.3, 0.4) is 0 Å². The van der Waals surface area contributed by atoms with Crippen molar-refractivity contribution in [1.82, 2.24) is 60.6 Å². The van der Waals surface area contributed by atoms with E-state index < -0.39 is 161 Å². The summed E-state index contributed by atoms with van der Waals surface area (Å²) in [7, 11) is 8.58. The number of carbonyl (C=O) groups excluding carboxylic acids is 11. The van der Waals surface area contributed by atoms with Crippen molar-refractivity contribution < 1.29 is 72.2 Å². The first-order valence-corrected chi connectivity index (χ1v) is 34.4. The van der Waals surface area contributed by atoms with Crippen LogP contribution in [0.25, 0.3) is 0 Å². The molecule has 3 rings (SSSR count). The molecular weight excluding hydrogens is 1220 g/mol. The average molecular weight is 1350 g/mol. The summed E-state index contributed by atoms with van der Waals surface area (Å²) < 4.78 is 11.9. The normalized spacial score (nSPS) is 28.5. The molecule has 14 atom stereocenters. The molecule has 3 aliphatic heterocycles. The van der Waals surface area contributed by atoms with Gasteiger partial charge >= 0.3 is 0 Å². The maximum atomic E-state index is 15.2. The minimum atomic E-state index is -1.39. The van der Waals surface area contributed by atoms with Crippen molar-refractivity contribution in [2.24, 2.45) is 35.5 Å². The quantitative estimate of drug-likeness (QED) is 0.0864. The third-order valence-corrected chi connectivity index (χ3v) is 18.5. The molecule has 95 heavy (non-hydrogen) atoms. The van der Waals surface area contributed by atoms with Crippen LogP contribution in [0, 0.1) is 35.5 Å². The predicted molar refractivity (Wildman–Crippen MR) is 360 cm³/mol. The molecule has 5 unspecified atom stereocenters. The molecule has 0 spiro atoms. The molecule has 0 aromatic rings. The molecule has 27 heteroatoms. The Morgan fingerprint density at radius 1 is 0.526 bits per heavy atom. The summed E-state index contributed by atoms with van der Waals surface area (Å²) in [6.07, 6.45) is 3.49. The molecule has 3 fully saturated rings. The fraction of sp³-hybridized carbons (Fsp3) is 0.809. The van der Waals surface area contributed by atoms with Crippen LogP contribution in [-0.2, 0) is 67.1 Å². The highest BCUT2D eigenvalue weighted by Crippen LogP contribution is 2.34. The van der Waals surface area contributed by atoms with Crippen molar-refractivity contribution in [1.29, 1.82) is 0 Å². The number of allylic oxidation sites excluding steroid dienone is 1. The summed E-state index contributed by atoms with van der Waals surface area (Å²) >= 11 is 0. The number of morpholine rings is 1. The largest absolute Gasteiger partial charge is 0.392 e. The lowest BCUT2D eigenvalue weighted by Gasteiger charge is -2.50. The predicted octanol–water partition coefficient (Wildman–Crippen LogP) is 2.42. The van der Waals surface area contributed by atoms with E-state index >= 15 is 19.2 Å². The van der Waals surface area contributed by atoms with E-state index in [1.54, 1.807) is 54.5 Å². The maximum Gasteiger partial charge on any atom is 0.270 e. The summed E-state index contributed by atoms with van der Waals surface area (Å²) in [5, 5.41) is 21.6. The van der Waals surface area contributed by atoms with Crippen molar-refractivity contribution in [2.75, 3.05) is 88.3 Å². The number of aliphatic hydroxyl groups is 1. The number of hydroxylamine groups is 2. The Morgan fingerprint density at radius 3 is 1.57 bits per heavy atom. The van der Waals surface area contributed by atoms with Crippen LogP contribution in [0.4, 0.5) is 0 Å². The Morgan fingerprint density at radius 2 is 1.04 bits per heavy atom. The van der Waals surface area contributed by atoms with Crippen LogP contribution in [-0.4, -0.2) is 276 Å². The van der Waals surface area contributed by atoms with Gasteiger partial charge in [0.1, 0.15) is 66.5 Å². The van der Waals surface area contributed by atoms with Gasteiger partial charge in [0.2, 0.25) is 59.1 Å². The van der Waals surface area contributed by atoms with E-state index in [0.717, 1.165) is 36.0 Å². The Balaban J connectivity index is 2.29. The zero-order valence-corrected chi connectivity index (χ0v) is 61.3. The van der Waals surface area contributed by atoms with Gasteiger partial charge in [-0.15, -0.1) is 0 Å². The van der Waals surface area contributed by atoms with E-state index in [9.17, 15) is 38.7 Å². The molecule has 0 aliphatic carbocycles. The van der Waals surface area contributed by atoms with Crippen molar-refractivity contribution in [3.05, 3.63) is 12.2 Å². The SMILES string of the molecule is CCC1NC(=O)[C@@H]2[C@@H](C(C)C/C=C/CO)ON2C(=O)[C@H](C(C)C)N(C)C(=O)[C@H](CC(C)C)N(C)C(=O)[C@H](CC(C)C)N(C)C(=O)[C@@H](C)NC(=O)C(C)NC(=O)[C@H](CC(C)C)N(C)C(=O)C(C(C)C)NC(=O)C([C@@H](C)OCCCCN2CCOCC2)N(C)C(=O)[C@@H](C)N(C)C1=O. The zero-order valence-electron chi connectivity index (χ0n) is 61.3. The van der Waals surface area contributed by atoms with Gasteiger partial charge in [-0.3, -0.25) is 62.5 Å². The van der Waals surface area contributed by atoms with Crippen LogP contribution in [0.5, 0.6) is 0 Å². The fourth-order valence-electron chi connectivity index (χ4n) is 12.4. The lowest BCUT2D eigenvalue weighted by Crippen LogP contribution is -2.72. The number of nitrogens with zero attached hydrogens (tertiary/aromatic N) is 8. The van der Waals surface area contributed by atoms with E-state index in [1.165, 1.54) is 93.6 Å². The Kier molecular flexibility index (Phi) is 33.7. The molecule has 0 aromatic carbocycles. The molecule has 542 valence electrons. The second-order valence-corrected chi connectivity index (χ2v) is 28.4. The van der Waals surface area contributed by atoms with Gasteiger partial charge in [0, 0.05) is 62.0 Å². The minimum absolute atomic E-state index is 0.0250. The standard InChI is InChI=1S/C68H120N12O15/c1-23-49-64(88)73(17)47(15)63(87)78(22)55(48(16)94-33-27-25-29-79-30-34-93-35-31-79)60(84)72-53(42(8)9)67(91)74(18)50(36-39(2)3)59(83)69-45(13)58(82)70-46(14)62(86)75(19)51(37-40(4)5)65(89)76(20)52(38-41(6)7)66(90)77(21)54(43(10)11)68(92)80-56(61(85)71-49)57(95-80)44(12)28-24-26-32-81/h24,26,39-57,81H,23,25,27-38H2,1-22H3,(H,69,83)(H,70,82)(H,71,85)(H,72,84)/b26-24+/t44?,45?,46-,47-,48-,49?,50+,51+,52+,53?,54+,55?,56+,57-/m1/s1. The lowest BCUT2D eigenvalue weighted by atomic mass is 9.90. The summed E-state index contributed by atoms with van der Waals surface area (Å²) in [4.78, 5) is 179. The average Bonchev–Trinajstić information content (AvgIpc) is 0.756. The minimum Gasteiger partial charge on any atom is -0.392 e. The molecule has 3 saturated heterocycles. The first-order valence-electron chi connectivity index (χ1n) is 34.4. The first-order chi connectivity index (χ1) is 44.4. The second kappa shape index (κ2) is 38.6. The van der Waals surface area contributed by atoms with Gasteiger partial charge in [0.05, 0.1) is 25.9 Å². The molecule has 0 aromatic heterocycles. The molecule has 3 heterocycles. The number of hydrogen-bond acceptors (Lipinski definition) is 16. The highest BCUT2D eigenvalue weighted by Gasteiger charge is 2.55. The van der Waals surface area contributed by atoms with E-state index in [4.69, 9.17) is 14.3 Å². The van der Waals surface area contributed by atoms with Crippen LogP contribution < -0.4 is 21.3 Å². The van der Waals surface area contributed by atoms with Crippen LogP contribution in [0.1, 0.15) is 156 Å². The van der Waals surface area contributed by atoms with Gasteiger partial charge in [-0.1, -0.05) is 95.2 Å². The third-order valence-electron chi connectivity index (χ3n) is 18.5. The van der Waals surface area contributed by atoms with Gasteiger partial charge in [0.25, 0.3) is 5.91 Å². The number of rotatable bonds is 20. The third kappa shape index (κ3) is 22.6. The van der Waals surface area contributed by atoms with Gasteiger partial charge in [-0.25, -0.2) is 5.06 Å². The first kappa shape index (κ1) is 82.9. The van der Waals surface area contributed by atoms with Crippen LogP contribution >= 0.6 is 0 Å². The second-order valence-electron chi connectivity index (χ2n) is 28.4. The van der Waals surface area contributed by atoms with Crippen molar-refractivity contribution >= 4 is 65.0 Å². The lowest BCUT2D eigenvalue weighted by molar-refractivity contribution is -0.321. The van der Waals surface area contributed by atoms with Gasteiger partial charge in [-0.2, -0.15) is 0 Å². The number of carbonyl (C=O) groups is 11. The monoisotopic (exact) mass is 1340 g/mol. The Hall–Kier alpha value is -6.29. The highest BCUT2D eigenvalue weighted by atomic mass is 16.7. The number of fused-ring (bicyclic) bond motifs is 1. The van der Waals surface area contributed by atoms with Gasteiger partial charge in [-0.05, 0) is 115 Å². The number of amides is 11. The number of aliphatic hydroxyl groups excluding tert-OH is 1. The summed E-state index contributed by atoms with van der Waals surface area (Å²) in [5.41, 5.74) is 0. The number of unbranched alkanes of at least 4 members (excludes halogenated alkanes) is 1. The fourth-order valence-corrected chi connectivity index (χ4v) is 12.4. The number of hydrogen-bond donors (Lipinski definition) is 5. The molecule has 11 amide bonds. The van der Waals surface area contributed by atoms with Crippen molar-refractivity contribution in [2.45, 2.75) is 234 Å². The van der Waals surface area contributed by atoms with Crippen molar-refractivity contribution in [3.63, 3.8) is 0 Å². The summed E-state index contributed by atoms with van der Waals surface area (Å²) in [6, 6.07) is -13.8. The topological polar surface area (TPSA) is 310 Å². The van der Waals surface area contributed by atoms with Crippen molar-refractivity contribution in [3.8, 4) is 0 Å².